The van der Waals surface area contributed by atoms with Crippen molar-refractivity contribution in [3.63, 3.8) is 0 Å². The predicted molar refractivity (Wildman–Crippen MR) is 73.9 cm³/mol. The molecule has 0 bridgehead atoms. The molecule has 0 aromatic heterocycles. The number of hydrogen-bond acceptors (Lipinski definition) is 3. The van der Waals surface area contributed by atoms with Crippen LogP contribution in [-0.2, 0) is 10.0 Å². The summed E-state index contributed by atoms with van der Waals surface area (Å²) in [6.07, 6.45) is 2.78. The maximum atomic E-state index is 11.9. The molecule has 0 aliphatic carbocycles. The summed E-state index contributed by atoms with van der Waals surface area (Å²) in [4.78, 5) is 0.192. The number of nitrogens with one attached hydrogen (secondary N) is 1. The van der Waals surface area contributed by atoms with Crippen molar-refractivity contribution in [3.05, 3.63) is 66.4 Å². The Hall–Kier alpha value is -2.27. The topological polar surface area (TPSA) is 66.4 Å². The molecule has 0 atom stereocenters. The minimum Gasteiger partial charge on any atom is -0.507 e. The van der Waals surface area contributed by atoms with E-state index in [4.69, 9.17) is 0 Å². The van der Waals surface area contributed by atoms with E-state index in [9.17, 15) is 13.5 Å². The van der Waals surface area contributed by atoms with Crippen LogP contribution in [0.2, 0.25) is 0 Å². The highest BCUT2D eigenvalue weighted by molar-refractivity contribution is 7.89. The summed E-state index contributed by atoms with van der Waals surface area (Å²) in [7, 11) is -3.56. The Balaban J connectivity index is 2.13. The Morgan fingerprint density at radius 3 is 2.26 bits per heavy atom. The Labute approximate surface area is 112 Å². The molecule has 0 saturated heterocycles. The van der Waals surface area contributed by atoms with Crippen molar-refractivity contribution in [3.8, 4) is 5.75 Å². The highest BCUT2D eigenvalue weighted by atomic mass is 32.2. The van der Waals surface area contributed by atoms with Crippen LogP contribution < -0.4 is 4.72 Å². The van der Waals surface area contributed by atoms with Crippen LogP contribution in [0.3, 0.4) is 0 Å². The van der Waals surface area contributed by atoms with E-state index in [1.165, 1.54) is 30.5 Å². The summed E-state index contributed by atoms with van der Waals surface area (Å²) >= 11 is 0. The fourth-order valence-corrected chi connectivity index (χ4v) is 2.41. The minimum absolute atomic E-state index is 0.0951. The third-order valence-electron chi connectivity index (χ3n) is 2.48. The molecule has 0 heterocycles. The van der Waals surface area contributed by atoms with E-state index in [0.29, 0.717) is 5.56 Å². The van der Waals surface area contributed by atoms with Crippen LogP contribution in [0.4, 0.5) is 0 Å². The van der Waals surface area contributed by atoms with Gasteiger partial charge in [0.05, 0.1) is 4.90 Å². The lowest BCUT2D eigenvalue weighted by Gasteiger charge is -2.03. The van der Waals surface area contributed by atoms with Gasteiger partial charge in [-0.3, -0.25) is 4.72 Å². The number of phenolic OH excluding ortho intramolecular Hbond substituents is 1. The molecule has 0 spiro atoms. The van der Waals surface area contributed by atoms with Gasteiger partial charge in [-0.15, -0.1) is 0 Å². The van der Waals surface area contributed by atoms with Gasteiger partial charge in [0, 0.05) is 11.8 Å². The quantitative estimate of drug-likeness (QED) is 0.900. The van der Waals surface area contributed by atoms with Crippen molar-refractivity contribution in [2.75, 3.05) is 0 Å². The monoisotopic (exact) mass is 275 g/mol. The first kappa shape index (κ1) is 13.2. The third kappa shape index (κ3) is 3.35. The zero-order chi connectivity index (χ0) is 13.7. The van der Waals surface area contributed by atoms with Crippen LogP contribution in [0.1, 0.15) is 5.56 Å². The van der Waals surface area contributed by atoms with Gasteiger partial charge in [-0.1, -0.05) is 36.4 Å². The average Bonchev–Trinajstić information content (AvgIpc) is 2.42. The Morgan fingerprint density at radius 1 is 0.947 bits per heavy atom. The highest BCUT2D eigenvalue weighted by Crippen LogP contribution is 2.16. The second-order valence-corrected chi connectivity index (χ2v) is 5.54. The molecule has 2 aromatic carbocycles. The first-order chi connectivity index (χ1) is 9.09. The van der Waals surface area contributed by atoms with Gasteiger partial charge in [-0.2, -0.15) is 0 Å². The molecule has 19 heavy (non-hydrogen) atoms. The number of benzene rings is 2. The second-order valence-electron chi connectivity index (χ2n) is 3.83. The van der Waals surface area contributed by atoms with Crippen molar-refractivity contribution >= 4 is 16.1 Å². The standard InChI is InChI=1S/C14H13NO3S/c16-14-9-5-4-6-12(14)10-11-15-19(17,18)13-7-2-1-3-8-13/h1-11,15-16H/b11-10+. The van der Waals surface area contributed by atoms with E-state index in [0.717, 1.165) is 0 Å². The summed E-state index contributed by atoms with van der Waals surface area (Å²) < 4.78 is 26.1. The molecule has 2 N–H and O–H groups in total. The van der Waals surface area contributed by atoms with E-state index >= 15 is 0 Å². The van der Waals surface area contributed by atoms with Crippen molar-refractivity contribution in [2.24, 2.45) is 0 Å². The van der Waals surface area contributed by atoms with Crippen LogP contribution in [0.15, 0.2) is 65.7 Å². The second kappa shape index (κ2) is 5.58. The molecule has 0 unspecified atom stereocenters. The molecule has 0 aliphatic heterocycles. The van der Waals surface area contributed by atoms with Crippen LogP contribution in [0.5, 0.6) is 5.75 Å². The number of para-hydroxylation sites is 1. The molecule has 0 saturated carbocycles. The van der Waals surface area contributed by atoms with Crippen molar-refractivity contribution in [1.29, 1.82) is 0 Å². The normalized spacial score (nSPS) is 11.6. The molecule has 0 radical (unpaired) electrons. The molecular formula is C14H13NO3S. The zero-order valence-corrected chi connectivity index (χ0v) is 10.8. The number of aromatic hydroxyl groups is 1. The molecule has 4 nitrogen and oxygen atoms in total. The number of sulfonamides is 1. The first-order valence-corrected chi connectivity index (χ1v) is 7.10. The summed E-state index contributed by atoms with van der Waals surface area (Å²) in [5, 5.41) is 9.53. The lowest BCUT2D eigenvalue weighted by atomic mass is 10.2. The van der Waals surface area contributed by atoms with Crippen molar-refractivity contribution in [2.45, 2.75) is 4.90 Å². The highest BCUT2D eigenvalue weighted by Gasteiger charge is 2.10. The fourth-order valence-electron chi connectivity index (χ4n) is 1.51. The Bertz CT molecular complexity index is 679. The largest absolute Gasteiger partial charge is 0.507 e. The number of hydrogen-bond donors (Lipinski definition) is 2. The van der Waals surface area contributed by atoms with Crippen LogP contribution in [0, 0.1) is 0 Å². The molecule has 0 fully saturated rings. The van der Waals surface area contributed by atoms with E-state index in [-0.39, 0.29) is 10.6 Å². The van der Waals surface area contributed by atoms with Gasteiger partial charge in [0.15, 0.2) is 0 Å². The lowest BCUT2D eigenvalue weighted by molar-refractivity contribution is 0.474. The predicted octanol–water partition coefficient (Wildman–Crippen LogP) is 2.34. The van der Waals surface area contributed by atoms with E-state index < -0.39 is 10.0 Å². The van der Waals surface area contributed by atoms with Crippen LogP contribution >= 0.6 is 0 Å². The molecule has 0 amide bonds. The molecule has 2 aromatic rings. The van der Waals surface area contributed by atoms with Crippen molar-refractivity contribution in [1.82, 2.24) is 4.72 Å². The van der Waals surface area contributed by atoms with Crippen LogP contribution in [0.25, 0.3) is 6.08 Å². The summed E-state index contributed by atoms with van der Waals surface area (Å²) in [5.41, 5.74) is 0.540. The van der Waals surface area contributed by atoms with Gasteiger partial charge in [0.1, 0.15) is 5.75 Å². The smallest absolute Gasteiger partial charge is 0.261 e. The maximum absolute atomic E-state index is 11.9. The van der Waals surface area contributed by atoms with E-state index in [2.05, 4.69) is 4.72 Å². The zero-order valence-electron chi connectivity index (χ0n) is 10.0. The van der Waals surface area contributed by atoms with Gasteiger partial charge in [-0.05, 0) is 24.3 Å². The van der Waals surface area contributed by atoms with E-state index in [1.54, 1.807) is 36.4 Å². The third-order valence-corrected chi connectivity index (χ3v) is 3.82. The van der Waals surface area contributed by atoms with Crippen molar-refractivity contribution < 1.29 is 13.5 Å². The number of rotatable bonds is 4. The molecular weight excluding hydrogens is 262 g/mol. The van der Waals surface area contributed by atoms with E-state index in [1.807, 2.05) is 0 Å². The molecule has 5 heteroatoms. The maximum Gasteiger partial charge on any atom is 0.261 e. The fraction of sp³-hybridized carbons (Fsp3) is 0. The Morgan fingerprint density at radius 2 is 1.58 bits per heavy atom. The average molecular weight is 275 g/mol. The Kier molecular flexibility index (Phi) is 3.87. The number of phenols is 1. The SMILES string of the molecule is O=S(=O)(N/C=C/c1ccccc1O)c1ccccc1. The van der Waals surface area contributed by atoms with Gasteiger partial charge < -0.3 is 5.11 Å². The first-order valence-electron chi connectivity index (χ1n) is 5.61. The van der Waals surface area contributed by atoms with Gasteiger partial charge >= 0.3 is 0 Å². The summed E-state index contributed by atoms with van der Waals surface area (Å²) in [5.74, 6) is 0.0951. The molecule has 0 aliphatic rings. The van der Waals surface area contributed by atoms with Gasteiger partial charge in [-0.25, -0.2) is 8.42 Å². The summed E-state index contributed by atoms with van der Waals surface area (Å²) in [6, 6.07) is 14.7. The molecule has 98 valence electrons. The molecule has 2 rings (SSSR count). The minimum atomic E-state index is -3.56. The van der Waals surface area contributed by atoms with Gasteiger partial charge in [0.2, 0.25) is 0 Å². The summed E-state index contributed by atoms with van der Waals surface area (Å²) in [6.45, 7) is 0. The van der Waals surface area contributed by atoms with Gasteiger partial charge in [0.25, 0.3) is 10.0 Å². The lowest BCUT2D eigenvalue weighted by Crippen LogP contribution is -2.17. The van der Waals surface area contributed by atoms with Crippen LogP contribution in [-0.4, -0.2) is 13.5 Å².